The average Bonchev–Trinajstić information content (AvgIpc) is 1.84. The first-order valence-corrected chi connectivity index (χ1v) is 3.48. The third-order valence-corrected chi connectivity index (χ3v) is 2.21. The Labute approximate surface area is 61.1 Å². The van der Waals surface area contributed by atoms with Gasteiger partial charge in [-0.1, -0.05) is 0 Å². The van der Waals surface area contributed by atoms with E-state index in [-0.39, 0.29) is 0 Å². The zero-order valence-corrected chi connectivity index (χ0v) is 5.46. The fourth-order valence-corrected chi connectivity index (χ4v) is 1.49. The molecular weight excluding hydrogens is 115 g/mol. The van der Waals surface area contributed by atoms with Gasteiger partial charge in [0.1, 0.15) is 0 Å². The normalized spacial score (nSPS) is 10.4. The molecule has 0 spiro atoms. The summed E-state index contributed by atoms with van der Waals surface area (Å²) in [6.07, 6.45) is 0. The van der Waals surface area contributed by atoms with Gasteiger partial charge in [-0.05, 0) is 0 Å². The Morgan fingerprint density at radius 1 is 0.700 bits per heavy atom. The fourth-order valence-electron chi connectivity index (χ4n) is 1.49. The van der Waals surface area contributed by atoms with E-state index in [0.717, 1.165) is 0 Å². The van der Waals surface area contributed by atoms with Crippen molar-refractivity contribution in [2.45, 2.75) is 0 Å². The predicted molar refractivity (Wildman–Crippen MR) is 49.2 cm³/mol. The van der Waals surface area contributed by atoms with Gasteiger partial charge in [0.2, 0.25) is 0 Å². The molecule has 0 saturated heterocycles. The van der Waals surface area contributed by atoms with Crippen molar-refractivity contribution in [2.24, 2.45) is 0 Å². The Balaban J connectivity index is 2.67. The molecule has 0 amide bonds. The summed E-state index contributed by atoms with van der Waals surface area (Å²) < 4.78 is 0. The summed E-state index contributed by atoms with van der Waals surface area (Å²) in [6.45, 7) is 8.67. The summed E-state index contributed by atoms with van der Waals surface area (Å²) in [5.74, 6) is 0. The Hall–Kier alpha value is -0.520. The summed E-state index contributed by atoms with van der Waals surface area (Å²) in [5.41, 5.74) is 0. The molecule has 0 saturated carbocycles. The van der Waals surface area contributed by atoms with Crippen LogP contribution in [0.25, 0.3) is 21.1 Å². The van der Waals surface area contributed by atoms with E-state index >= 15 is 0 Å². The minimum absolute atomic E-state index is 1.39. The Morgan fingerprint density at radius 3 is 1.50 bits per heavy atom. The number of benzene rings is 1. The van der Waals surface area contributed by atoms with Crippen molar-refractivity contribution in [3.8, 4) is 0 Å². The van der Waals surface area contributed by atoms with Crippen LogP contribution in [0.3, 0.4) is 0 Å². The summed E-state index contributed by atoms with van der Waals surface area (Å²) in [4.78, 5) is 0. The molecule has 0 atom stereocenters. The standard InChI is InChI=1S/C6H2B4/c1-2-4-6(10-8-4)5-3(1)7-9-5/h1-2H. The second-order valence-corrected chi connectivity index (χ2v) is 2.74. The van der Waals surface area contributed by atoms with E-state index in [2.05, 4.69) is 39.3 Å². The molecule has 2 aromatic heterocycles. The van der Waals surface area contributed by atoms with Crippen LogP contribution in [0.1, 0.15) is 0 Å². The number of rotatable bonds is 0. The van der Waals surface area contributed by atoms with Gasteiger partial charge in [0.05, 0.1) is 0 Å². The van der Waals surface area contributed by atoms with Gasteiger partial charge in [-0.2, -0.15) is 0 Å². The van der Waals surface area contributed by atoms with E-state index in [4.69, 9.17) is 0 Å². The van der Waals surface area contributed by atoms with E-state index < -0.39 is 0 Å². The molecule has 0 bridgehead atoms. The van der Waals surface area contributed by atoms with Crippen molar-refractivity contribution in [2.75, 3.05) is 0 Å². The Bertz CT molecular complexity index is 419. The summed E-state index contributed by atoms with van der Waals surface area (Å²) in [5, 5.41) is 5.64. The van der Waals surface area contributed by atoms with Gasteiger partial charge in [0, 0.05) is 0 Å². The first kappa shape index (κ1) is 5.17. The van der Waals surface area contributed by atoms with Crippen LogP contribution in [-0.2, 0) is 0 Å². The fraction of sp³-hybridized carbons (Fsp3) is 0. The van der Waals surface area contributed by atoms with Crippen LogP contribution in [0, 0.1) is 0 Å². The second kappa shape index (κ2) is 1.55. The molecule has 0 fully saturated rings. The molecule has 0 unspecified atom stereocenters. The van der Waals surface area contributed by atoms with Crippen LogP contribution in [-0.4, -0.2) is 27.2 Å². The second-order valence-electron chi connectivity index (χ2n) is 2.74. The van der Waals surface area contributed by atoms with E-state index in [0.29, 0.717) is 0 Å². The first-order valence-electron chi connectivity index (χ1n) is 3.48. The van der Waals surface area contributed by atoms with Gasteiger partial charge in [-0.25, -0.2) is 0 Å². The zero-order chi connectivity index (χ0) is 6.55. The molecule has 3 rings (SSSR count). The van der Waals surface area contributed by atoms with Crippen molar-refractivity contribution in [3.05, 3.63) is 12.1 Å². The van der Waals surface area contributed by atoms with Crippen LogP contribution in [0.4, 0.5) is 0 Å². The number of fused-ring (bicyclic) bond motifs is 3. The van der Waals surface area contributed by atoms with E-state index in [1.54, 1.807) is 0 Å². The number of hydrogen-bond acceptors (Lipinski definition) is 0. The molecule has 0 radical (unpaired) electrons. The molecular formula is C6H2B4. The topological polar surface area (TPSA) is 0 Å². The summed E-state index contributed by atoms with van der Waals surface area (Å²) >= 11 is 0. The predicted octanol–water partition coefficient (Wildman–Crippen LogP) is 0.221. The molecule has 2 heterocycles. The van der Waals surface area contributed by atoms with E-state index in [1.807, 2.05) is 0 Å². The third-order valence-electron chi connectivity index (χ3n) is 2.21. The molecule has 0 aliphatic heterocycles. The molecule has 0 aliphatic rings. The summed E-state index contributed by atoms with van der Waals surface area (Å²) in [6, 6.07) is 4.36. The van der Waals surface area contributed by atoms with Crippen LogP contribution in [0.5, 0.6) is 0 Å². The third kappa shape index (κ3) is 0.448. The van der Waals surface area contributed by atoms with Gasteiger partial charge < -0.3 is 0 Å². The van der Waals surface area contributed by atoms with Gasteiger partial charge in [-0.15, -0.1) is 0 Å². The van der Waals surface area contributed by atoms with Gasteiger partial charge in [0.15, 0.2) is 0 Å². The monoisotopic (exact) mass is 118 g/mol. The molecule has 0 nitrogen and oxygen atoms in total. The minimum atomic E-state index is 1.39. The van der Waals surface area contributed by atoms with Gasteiger partial charge >= 0.3 is 60.4 Å². The maximum absolute atomic E-state index is 2.18. The van der Waals surface area contributed by atoms with E-state index in [1.165, 1.54) is 21.1 Å². The van der Waals surface area contributed by atoms with Crippen LogP contribution < -0.4 is 0 Å². The van der Waals surface area contributed by atoms with Crippen molar-refractivity contribution in [1.82, 2.24) is 0 Å². The number of hydrogen-bond donors (Lipinski definition) is 0. The molecule has 0 N–H and O–H groups in total. The summed E-state index contributed by atoms with van der Waals surface area (Å²) in [7, 11) is 0. The van der Waals surface area contributed by atoms with Crippen molar-refractivity contribution in [1.29, 1.82) is 0 Å². The molecule has 3 aromatic rings. The average molecular weight is 117 g/mol. The van der Waals surface area contributed by atoms with Crippen LogP contribution >= 0.6 is 0 Å². The molecule has 1 aromatic carbocycles. The zero-order valence-electron chi connectivity index (χ0n) is 5.46. The van der Waals surface area contributed by atoms with Crippen molar-refractivity contribution < 1.29 is 0 Å². The Morgan fingerprint density at radius 2 is 1.20 bits per heavy atom. The van der Waals surface area contributed by atoms with E-state index in [9.17, 15) is 0 Å². The Kier molecular flexibility index (Phi) is 0.803. The molecule has 4 heteroatoms. The van der Waals surface area contributed by atoms with Gasteiger partial charge in [0.25, 0.3) is 0 Å². The first-order chi connectivity index (χ1) is 4.95. The van der Waals surface area contributed by atoms with Gasteiger partial charge in [-0.3, -0.25) is 0 Å². The van der Waals surface area contributed by atoms with Crippen LogP contribution in [0.2, 0.25) is 0 Å². The van der Waals surface area contributed by atoms with Crippen molar-refractivity contribution in [3.63, 3.8) is 0 Å². The molecule has 10 heavy (non-hydrogen) atoms. The quantitative estimate of drug-likeness (QED) is 0.395. The molecule has 38 valence electrons. The van der Waals surface area contributed by atoms with Crippen molar-refractivity contribution >= 4 is 48.3 Å². The van der Waals surface area contributed by atoms with Crippen LogP contribution in [0.15, 0.2) is 12.1 Å². The molecule has 0 aliphatic carbocycles. The maximum atomic E-state index is 2.18. The SMILES string of the molecule is b1bc2c1ccc1bbc12.